The van der Waals surface area contributed by atoms with E-state index in [9.17, 15) is 0 Å². The van der Waals surface area contributed by atoms with Crippen molar-refractivity contribution in [3.05, 3.63) is 42.5 Å². The molecule has 1 aromatic carbocycles. The van der Waals surface area contributed by atoms with Crippen molar-refractivity contribution in [3.63, 3.8) is 0 Å². The van der Waals surface area contributed by atoms with Crippen LogP contribution >= 0.6 is 0 Å². The van der Waals surface area contributed by atoms with Crippen LogP contribution in [-0.4, -0.2) is 13.2 Å². The van der Waals surface area contributed by atoms with Crippen molar-refractivity contribution in [2.45, 2.75) is 45.6 Å². The lowest BCUT2D eigenvalue weighted by atomic mass is 10.1. The largest absolute Gasteiger partial charge is 0.494 e. The van der Waals surface area contributed by atoms with Crippen molar-refractivity contribution >= 4 is 0 Å². The molecule has 1 unspecified atom stereocenters. The Labute approximate surface area is 117 Å². The molecule has 1 N–H and O–H groups in total. The van der Waals surface area contributed by atoms with E-state index in [-0.39, 0.29) is 0 Å². The number of allylic oxidation sites excluding steroid dienone is 1. The standard InChI is InChI=1S/C17H27NO/c1-4-6-7-8-9-13-19-17-12-10-11-16(14-17)15(3)18-5-2/h4,10-12,14-15,18H,1,5-9,13H2,2-3H3. The van der Waals surface area contributed by atoms with Crippen LogP contribution in [0.3, 0.4) is 0 Å². The summed E-state index contributed by atoms with van der Waals surface area (Å²) in [6.45, 7) is 9.82. The fraction of sp³-hybridized carbons (Fsp3) is 0.529. The zero-order valence-electron chi connectivity index (χ0n) is 12.3. The van der Waals surface area contributed by atoms with Crippen LogP contribution in [0.2, 0.25) is 0 Å². The Hall–Kier alpha value is -1.28. The van der Waals surface area contributed by atoms with E-state index in [1.165, 1.54) is 18.4 Å². The molecule has 0 saturated heterocycles. The van der Waals surface area contributed by atoms with Gasteiger partial charge in [0, 0.05) is 6.04 Å². The molecule has 1 rings (SSSR count). The van der Waals surface area contributed by atoms with E-state index in [4.69, 9.17) is 4.74 Å². The van der Waals surface area contributed by atoms with Crippen molar-refractivity contribution in [3.8, 4) is 5.75 Å². The first-order chi connectivity index (χ1) is 9.27. The molecule has 0 radical (unpaired) electrons. The first-order valence-corrected chi connectivity index (χ1v) is 7.35. The van der Waals surface area contributed by atoms with Gasteiger partial charge in [0.15, 0.2) is 0 Å². The first kappa shape index (κ1) is 15.8. The Morgan fingerprint density at radius 2 is 2.16 bits per heavy atom. The highest BCUT2D eigenvalue weighted by Crippen LogP contribution is 2.19. The summed E-state index contributed by atoms with van der Waals surface area (Å²) < 4.78 is 5.80. The Kier molecular flexibility index (Phi) is 7.99. The summed E-state index contributed by atoms with van der Waals surface area (Å²) in [6.07, 6.45) is 6.62. The third kappa shape index (κ3) is 6.44. The van der Waals surface area contributed by atoms with Crippen LogP contribution < -0.4 is 10.1 Å². The minimum atomic E-state index is 0.376. The normalized spacial score (nSPS) is 12.1. The van der Waals surface area contributed by atoms with Crippen LogP contribution in [0.5, 0.6) is 5.75 Å². The molecule has 0 aliphatic rings. The highest BCUT2D eigenvalue weighted by molar-refractivity contribution is 5.30. The van der Waals surface area contributed by atoms with Crippen LogP contribution in [0.4, 0.5) is 0 Å². The summed E-state index contributed by atoms with van der Waals surface area (Å²) in [5, 5.41) is 3.41. The maximum Gasteiger partial charge on any atom is 0.119 e. The van der Waals surface area contributed by atoms with E-state index in [1.54, 1.807) is 0 Å². The van der Waals surface area contributed by atoms with Gasteiger partial charge in [0.05, 0.1) is 6.61 Å². The van der Waals surface area contributed by atoms with Gasteiger partial charge < -0.3 is 10.1 Å². The molecule has 0 spiro atoms. The smallest absolute Gasteiger partial charge is 0.119 e. The molecule has 1 aromatic rings. The number of ether oxygens (including phenoxy) is 1. The van der Waals surface area contributed by atoms with Crippen molar-refractivity contribution in [1.82, 2.24) is 5.32 Å². The maximum absolute atomic E-state index is 5.80. The Morgan fingerprint density at radius 1 is 1.32 bits per heavy atom. The van der Waals surface area contributed by atoms with E-state index >= 15 is 0 Å². The molecule has 2 nitrogen and oxygen atoms in total. The lowest BCUT2D eigenvalue weighted by Crippen LogP contribution is -2.17. The van der Waals surface area contributed by atoms with Gasteiger partial charge >= 0.3 is 0 Å². The van der Waals surface area contributed by atoms with Gasteiger partial charge in [-0.25, -0.2) is 0 Å². The number of benzene rings is 1. The monoisotopic (exact) mass is 261 g/mol. The zero-order valence-corrected chi connectivity index (χ0v) is 12.3. The molecule has 0 aliphatic heterocycles. The van der Waals surface area contributed by atoms with Gasteiger partial charge in [-0.15, -0.1) is 6.58 Å². The lowest BCUT2D eigenvalue weighted by Gasteiger charge is -2.14. The summed E-state index contributed by atoms with van der Waals surface area (Å²) in [7, 11) is 0. The zero-order chi connectivity index (χ0) is 13.9. The maximum atomic E-state index is 5.80. The SMILES string of the molecule is C=CCCCCCOc1cccc(C(C)NCC)c1. The molecule has 106 valence electrons. The molecular weight excluding hydrogens is 234 g/mol. The second-order valence-electron chi connectivity index (χ2n) is 4.84. The Bertz CT molecular complexity index is 362. The second-order valence-corrected chi connectivity index (χ2v) is 4.84. The van der Waals surface area contributed by atoms with Crippen LogP contribution in [0.15, 0.2) is 36.9 Å². The fourth-order valence-electron chi connectivity index (χ4n) is 2.06. The van der Waals surface area contributed by atoms with Crippen molar-refractivity contribution in [2.75, 3.05) is 13.2 Å². The van der Waals surface area contributed by atoms with Crippen molar-refractivity contribution in [2.24, 2.45) is 0 Å². The van der Waals surface area contributed by atoms with Crippen molar-refractivity contribution in [1.29, 1.82) is 0 Å². The second kappa shape index (κ2) is 9.62. The Morgan fingerprint density at radius 3 is 2.89 bits per heavy atom. The van der Waals surface area contributed by atoms with E-state index < -0.39 is 0 Å². The lowest BCUT2D eigenvalue weighted by molar-refractivity contribution is 0.305. The average molecular weight is 261 g/mol. The molecule has 1 atom stereocenters. The van der Waals surface area contributed by atoms with Gasteiger partial charge in [0.1, 0.15) is 5.75 Å². The van der Waals surface area contributed by atoms with Crippen LogP contribution in [0.1, 0.15) is 51.1 Å². The van der Waals surface area contributed by atoms with E-state index in [0.717, 1.165) is 31.7 Å². The summed E-state index contributed by atoms with van der Waals surface area (Å²) in [6, 6.07) is 8.75. The molecule has 0 bridgehead atoms. The molecule has 0 aromatic heterocycles. The van der Waals surface area contributed by atoms with E-state index in [1.807, 2.05) is 12.1 Å². The minimum absolute atomic E-state index is 0.376. The topological polar surface area (TPSA) is 21.3 Å². The number of rotatable bonds is 10. The van der Waals surface area contributed by atoms with Gasteiger partial charge in [-0.1, -0.05) is 25.1 Å². The van der Waals surface area contributed by atoms with Gasteiger partial charge in [-0.05, 0) is 56.8 Å². The summed E-state index contributed by atoms with van der Waals surface area (Å²) in [5.74, 6) is 0.978. The van der Waals surface area contributed by atoms with E-state index in [2.05, 4.69) is 43.9 Å². The summed E-state index contributed by atoms with van der Waals surface area (Å²) >= 11 is 0. The minimum Gasteiger partial charge on any atom is -0.494 e. The third-order valence-electron chi connectivity index (χ3n) is 3.19. The van der Waals surface area contributed by atoms with Crippen LogP contribution in [-0.2, 0) is 0 Å². The van der Waals surface area contributed by atoms with Crippen LogP contribution in [0.25, 0.3) is 0 Å². The molecule has 0 aliphatic carbocycles. The Balaban J connectivity index is 2.33. The third-order valence-corrected chi connectivity index (χ3v) is 3.19. The summed E-state index contributed by atoms with van der Waals surface area (Å²) in [4.78, 5) is 0. The quantitative estimate of drug-likeness (QED) is 0.495. The highest BCUT2D eigenvalue weighted by atomic mass is 16.5. The molecule has 0 heterocycles. The summed E-state index contributed by atoms with van der Waals surface area (Å²) in [5.41, 5.74) is 1.28. The predicted octanol–water partition coefficient (Wildman–Crippen LogP) is 4.48. The molecular formula is C17H27NO. The number of hydrogen-bond donors (Lipinski definition) is 1. The molecule has 2 heteroatoms. The number of nitrogens with one attached hydrogen (secondary N) is 1. The predicted molar refractivity (Wildman–Crippen MR) is 82.7 cm³/mol. The molecule has 0 saturated carbocycles. The molecule has 19 heavy (non-hydrogen) atoms. The van der Waals surface area contributed by atoms with E-state index in [0.29, 0.717) is 6.04 Å². The molecule has 0 amide bonds. The number of hydrogen-bond acceptors (Lipinski definition) is 2. The van der Waals surface area contributed by atoms with Gasteiger partial charge in [-0.3, -0.25) is 0 Å². The van der Waals surface area contributed by atoms with Gasteiger partial charge in [0.2, 0.25) is 0 Å². The number of unbranched alkanes of at least 4 members (excludes halogenated alkanes) is 3. The fourth-order valence-corrected chi connectivity index (χ4v) is 2.06. The van der Waals surface area contributed by atoms with Crippen molar-refractivity contribution < 1.29 is 4.74 Å². The molecule has 0 fully saturated rings. The van der Waals surface area contributed by atoms with Crippen LogP contribution in [0, 0.1) is 0 Å². The highest BCUT2D eigenvalue weighted by Gasteiger charge is 2.04. The average Bonchev–Trinajstić information content (AvgIpc) is 2.43. The first-order valence-electron chi connectivity index (χ1n) is 7.35. The van der Waals surface area contributed by atoms with Gasteiger partial charge in [-0.2, -0.15) is 0 Å². The van der Waals surface area contributed by atoms with Gasteiger partial charge in [0.25, 0.3) is 0 Å².